The summed E-state index contributed by atoms with van der Waals surface area (Å²) >= 11 is 0. The number of allylic oxidation sites excluding steroid dienone is 1. The third-order valence-electron chi connectivity index (χ3n) is 3.09. The first-order chi connectivity index (χ1) is 8.06. The van der Waals surface area contributed by atoms with Gasteiger partial charge in [0, 0.05) is 28.9 Å². The second-order valence-electron chi connectivity index (χ2n) is 4.28. The first-order valence-corrected chi connectivity index (χ1v) is 5.57. The van der Waals surface area contributed by atoms with Gasteiger partial charge in [0.25, 0.3) is 0 Å². The molecule has 1 aliphatic carbocycles. The standard InChI is InChI=1S/C14H14O3/c1-8-3-4-11-12(7-8)13(16)9(2)10(5-6-15)14(11)17/h3-4,7,15H,5-6H2,1-2H3. The Labute approximate surface area is 99.8 Å². The smallest absolute Gasteiger partial charge is 0.190 e. The zero-order chi connectivity index (χ0) is 12.6. The zero-order valence-corrected chi connectivity index (χ0v) is 9.91. The SMILES string of the molecule is CC1=C(CCO)C(=O)c2ccc(C)cc2C1=O. The number of aryl methyl sites for hydroxylation is 1. The van der Waals surface area contributed by atoms with E-state index in [2.05, 4.69) is 0 Å². The molecule has 88 valence electrons. The number of carbonyl (C=O) groups is 2. The van der Waals surface area contributed by atoms with Crippen molar-refractivity contribution in [3.05, 3.63) is 46.0 Å². The van der Waals surface area contributed by atoms with Crippen LogP contribution in [0.4, 0.5) is 0 Å². The average molecular weight is 230 g/mol. The number of rotatable bonds is 2. The van der Waals surface area contributed by atoms with Crippen LogP contribution in [0.1, 0.15) is 39.6 Å². The lowest BCUT2D eigenvalue weighted by atomic mass is 9.83. The summed E-state index contributed by atoms with van der Waals surface area (Å²) in [6, 6.07) is 5.25. The third-order valence-corrected chi connectivity index (χ3v) is 3.09. The Bertz CT molecular complexity index is 538. The van der Waals surface area contributed by atoms with Crippen molar-refractivity contribution in [2.45, 2.75) is 20.3 Å². The molecular weight excluding hydrogens is 216 g/mol. The molecule has 0 radical (unpaired) electrons. The lowest BCUT2D eigenvalue weighted by molar-refractivity contribution is 0.0969. The molecule has 0 saturated carbocycles. The number of hydrogen-bond donors (Lipinski definition) is 1. The highest BCUT2D eigenvalue weighted by atomic mass is 16.3. The fourth-order valence-corrected chi connectivity index (χ4v) is 2.13. The van der Waals surface area contributed by atoms with Crippen LogP contribution in [0.5, 0.6) is 0 Å². The number of benzene rings is 1. The number of hydrogen-bond acceptors (Lipinski definition) is 3. The monoisotopic (exact) mass is 230 g/mol. The lowest BCUT2D eigenvalue weighted by Gasteiger charge is -2.18. The molecule has 0 saturated heterocycles. The van der Waals surface area contributed by atoms with E-state index >= 15 is 0 Å². The van der Waals surface area contributed by atoms with Gasteiger partial charge < -0.3 is 5.11 Å². The predicted molar refractivity (Wildman–Crippen MR) is 64.2 cm³/mol. The van der Waals surface area contributed by atoms with E-state index in [9.17, 15) is 9.59 Å². The highest BCUT2D eigenvalue weighted by molar-refractivity contribution is 6.26. The quantitative estimate of drug-likeness (QED) is 0.846. The van der Waals surface area contributed by atoms with Crippen molar-refractivity contribution in [1.82, 2.24) is 0 Å². The minimum atomic E-state index is -0.133. The highest BCUT2D eigenvalue weighted by Crippen LogP contribution is 2.28. The van der Waals surface area contributed by atoms with Crippen LogP contribution in [0.2, 0.25) is 0 Å². The predicted octanol–water partition coefficient (Wildman–Crippen LogP) is 2.07. The van der Waals surface area contributed by atoms with Crippen molar-refractivity contribution < 1.29 is 14.7 Å². The molecule has 0 spiro atoms. The lowest BCUT2D eigenvalue weighted by Crippen LogP contribution is -2.21. The molecule has 0 heterocycles. The van der Waals surface area contributed by atoms with Crippen LogP contribution in [0.25, 0.3) is 0 Å². The fraction of sp³-hybridized carbons (Fsp3) is 0.286. The van der Waals surface area contributed by atoms with Crippen molar-refractivity contribution in [2.24, 2.45) is 0 Å². The van der Waals surface area contributed by atoms with Gasteiger partial charge in [0.1, 0.15) is 0 Å². The van der Waals surface area contributed by atoms with Gasteiger partial charge in [-0.2, -0.15) is 0 Å². The Morgan fingerprint density at radius 1 is 1.06 bits per heavy atom. The summed E-state index contributed by atoms with van der Waals surface area (Å²) < 4.78 is 0. The molecule has 1 N–H and O–H groups in total. The van der Waals surface area contributed by atoms with Crippen molar-refractivity contribution in [3.8, 4) is 0 Å². The average Bonchev–Trinajstić information content (AvgIpc) is 2.32. The molecular formula is C14H14O3. The van der Waals surface area contributed by atoms with E-state index in [1.165, 1.54) is 0 Å². The topological polar surface area (TPSA) is 54.4 Å². The Morgan fingerprint density at radius 3 is 2.41 bits per heavy atom. The molecule has 2 rings (SSSR count). The largest absolute Gasteiger partial charge is 0.396 e. The van der Waals surface area contributed by atoms with Crippen LogP contribution in [0, 0.1) is 6.92 Å². The second kappa shape index (κ2) is 4.26. The molecule has 0 aliphatic heterocycles. The number of carbonyl (C=O) groups excluding carboxylic acids is 2. The van der Waals surface area contributed by atoms with E-state index in [0.717, 1.165) is 5.56 Å². The van der Waals surface area contributed by atoms with E-state index in [-0.39, 0.29) is 24.6 Å². The molecule has 0 atom stereocenters. The molecule has 0 aromatic heterocycles. The van der Waals surface area contributed by atoms with Gasteiger partial charge in [-0.1, -0.05) is 17.7 Å². The highest BCUT2D eigenvalue weighted by Gasteiger charge is 2.29. The maximum atomic E-state index is 12.2. The van der Waals surface area contributed by atoms with Crippen LogP contribution in [0.3, 0.4) is 0 Å². The summed E-state index contributed by atoms with van der Waals surface area (Å²) in [5.41, 5.74) is 2.79. The van der Waals surface area contributed by atoms with Crippen molar-refractivity contribution in [2.75, 3.05) is 6.61 Å². The maximum absolute atomic E-state index is 12.2. The molecule has 1 aliphatic rings. The van der Waals surface area contributed by atoms with E-state index in [4.69, 9.17) is 5.11 Å². The van der Waals surface area contributed by atoms with Crippen LogP contribution >= 0.6 is 0 Å². The first kappa shape index (κ1) is 11.7. The Morgan fingerprint density at radius 2 is 1.76 bits per heavy atom. The Balaban J connectivity index is 2.60. The van der Waals surface area contributed by atoms with Gasteiger partial charge in [0.15, 0.2) is 11.6 Å². The molecule has 3 nitrogen and oxygen atoms in total. The van der Waals surface area contributed by atoms with Crippen molar-refractivity contribution in [1.29, 1.82) is 0 Å². The number of ketones is 2. The summed E-state index contributed by atoms with van der Waals surface area (Å²) in [5, 5.41) is 8.93. The Hall–Kier alpha value is -1.74. The van der Waals surface area contributed by atoms with Gasteiger partial charge in [-0.05, 0) is 26.3 Å². The first-order valence-electron chi connectivity index (χ1n) is 5.57. The molecule has 1 aromatic carbocycles. The van der Waals surface area contributed by atoms with Gasteiger partial charge in [-0.3, -0.25) is 9.59 Å². The maximum Gasteiger partial charge on any atom is 0.190 e. The summed E-state index contributed by atoms with van der Waals surface area (Å²) in [5.74, 6) is -0.238. The summed E-state index contributed by atoms with van der Waals surface area (Å²) in [6.45, 7) is 3.42. The molecule has 1 aromatic rings. The Kier molecular flexibility index (Phi) is 2.94. The van der Waals surface area contributed by atoms with Crippen molar-refractivity contribution in [3.63, 3.8) is 0 Å². The van der Waals surface area contributed by atoms with Crippen LogP contribution in [-0.2, 0) is 0 Å². The van der Waals surface area contributed by atoms with E-state index in [1.54, 1.807) is 19.1 Å². The summed E-state index contributed by atoms with van der Waals surface area (Å²) in [6.07, 6.45) is 0.240. The second-order valence-corrected chi connectivity index (χ2v) is 4.28. The van der Waals surface area contributed by atoms with Crippen LogP contribution in [-0.4, -0.2) is 23.3 Å². The van der Waals surface area contributed by atoms with Gasteiger partial charge in [0.2, 0.25) is 0 Å². The normalized spacial score (nSPS) is 15.2. The number of fused-ring (bicyclic) bond motifs is 1. The summed E-state index contributed by atoms with van der Waals surface area (Å²) in [4.78, 5) is 24.3. The van der Waals surface area contributed by atoms with Crippen LogP contribution < -0.4 is 0 Å². The van der Waals surface area contributed by atoms with Crippen LogP contribution in [0.15, 0.2) is 29.3 Å². The van der Waals surface area contributed by atoms with Gasteiger partial charge in [-0.15, -0.1) is 0 Å². The molecule has 0 amide bonds. The third kappa shape index (κ3) is 1.83. The molecule has 0 bridgehead atoms. The van der Waals surface area contributed by atoms with Crippen molar-refractivity contribution >= 4 is 11.6 Å². The molecule has 0 fully saturated rings. The molecule has 0 unspecified atom stereocenters. The minimum absolute atomic E-state index is 0.105. The van der Waals surface area contributed by atoms with E-state index in [0.29, 0.717) is 22.3 Å². The summed E-state index contributed by atoms with van der Waals surface area (Å²) in [7, 11) is 0. The van der Waals surface area contributed by atoms with Gasteiger partial charge in [0.05, 0.1) is 0 Å². The number of aliphatic hydroxyl groups is 1. The minimum Gasteiger partial charge on any atom is -0.396 e. The molecule has 17 heavy (non-hydrogen) atoms. The van der Waals surface area contributed by atoms with E-state index < -0.39 is 0 Å². The fourth-order valence-electron chi connectivity index (χ4n) is 2.13. The van der Waals surface area contributed by atoms with Gasteiger partial charge >= 0.3 is 0 Å². The molecule has 3 heteroatoms. The number of Topliss-reactive ketones (excluding diaryl/α,β-unsaturated/α-hetero) is 2. The zero-order valence-electron chi connectivity index (χ0n) is 9.91. The van der Waals surface area contributed by atoms with Gasteiger partial charge in [-0.25, -0.2) is 0 Å². The number of aliphatic hydroxyl groups excluding tert-OH is 1. The van der Waals surface area contributed by atoms with E-state index in [1.807, 2.05) is 13.0 Å².